The van der Waals surface area contributed by atoms with E-state index in [0.717, 1.165) is 0 Å². The van der Waals surface area contributed by atoms with Crippen LogP contribution >= 0.6 is 0 Å². The first kappa shape index (κ1) is 19.2. The van der Waals surface area contributed by atoms with Gasteiger partial charge in [-0.25, -0.2) is 9.59 Å². The number of para-hydroxylation sites is 1. The summed E-state index contributed by atoms with van der Waals surface area (Å²) >= 11 is 0. The molecule has 138 valence electrons. The molecule has 1 aromatic heterocycles. The van der Waals surface area contributed by atoms with Crippen molar-refractivity contribution in [1.82, 2.24) is 4.98 Å². The van der Waals surface area contributed by atoms with Gasteiger partial charge in [0.15, 0.2) is 6.61 Å². The fourth-order valence-corrected chi connectivity index (χ4v) is 2.56. The van der Waals surface area contributed by atoms with Crippen molar-refractivity contribution in [3.8, 4) is 0 Å². The number of aryl methyl sites for hydroxylation is 1. The van der Waals surface area contributed by atoms with Gasteiger partial charge in [0.2, 0.25) is 0 Å². The molecule has 0 aliphatic rings. The average molecular weight is 358 g/mol. The summed E-state index contributed by atoms with van der Waals surface area (Å²) in [4.78, 5) is 40.7. The van der Waals surface area contributed by atoms with Crippen LogP contribution in [-0.2, 0) is 14.3 Å². The summed E-state index contributed by atoms with van der Waals surface area (Å²) in [7, 11) is 1.61. The Morgan fingerprint density at radius 2 is 1.69 bits per heavy atom. The van der Waals surface area contributed by atoms with Crippen LogP contribution in [0.3, 0.4) is 0 Å². The lowest BCUT2D eigenvalue weighted by atomic mass is 10.1. The first-order valence-corrected chi connectivity index (χ1v) is 8.21. The normalized spacial score (nSPS) is 10.3. The summed E-state index contributed by atoms with van der Waals surface area (Å²) in [6.45, 7) is 4.82. The second-order valence-corrected chi connectivity index (χ2v) is 5.71. The number of hydrogen-bond acceptors (Lipinski definition) is 5. The third-order valence-electron chi connectivity index (χ3n) is 3.97. The predicted octanol–water partition coefficient (Wildman–Crippen LogP) is 2.63. The van der Waals surface area contributed by atoms with Crippen LogP contribution in [0.4, 0.5) is 5.69 Å². The van der Waals surface area contributed by atoms with Crippen molar-refractivity contribution in [2.24, 2.45) is 0 Å². The number of carbonyl (C=O) groups excluding carboxylic acids is 3. The van der Waals surface area contributed by atoms with E-state index < -0.39 is 18.5 Å². The lowest BCUT2D eigenvalue weighted by Gasteiger charge is -2.17. The van der Waals surface area contributed by atoms with Crippen molar-refractivity contribution < 1.29 is 23.9 Å². The molecule has 0 aliphatic carbocycles. The fraction of sp³-hybridized carbons (Fsp3) is 0.316. The summed E-state index contributed by atoms with van der Waals surface area (Å²) in [6, 6.07) is 9.04. The minimum atomic E-state index is -0.665. The Balaban J connectivity index is 2.06. The number of nitrogens with zero attached hydrogens (tertiary/aromatic N) is 1. The van der Waals surface area contributed by atoms with Crippen molar-refractivity contribution in [2.45, 2.75) is 20.8 Å². The van der Waals surface area contributed by atoms with Gasteiger partial charge in [-0.05, 0) is 38.5 Å². The molecule has 0 spiro atoms. The molecule has 0 atom stereocenters. The van der Waals surface area contributed by atoms with Crippen LogP contribution in [-0.4, -0.2) is 43.1 Å². The lowest BCUT2D eigenvalue weighted by Crippen LogP contribution is -2.31. The maximum absolute atomic E-state index is 12.4. The summed E-state index contributed by atoms with van der Waals surface area (Å²) < 4.78 is 10.1. The number of ether oxygens (including phenoxy) is 2. The van der Waals surface area contributed by atoms with E-state index in [1.165, 1.54) is 4.90 Å². The van der Waals surface area contributed by atoms with Gasteiger partial charge in [-0.1, -0.05) is 18.2 Å². The zero-order valence-corrected chi connectivity index (χ0v) is 15.3. The van der Waals surface area contributed by atoms with Crippen molar-refractivity contribution in [3.63, 3.8) is 0 Å². The highest BCUT2D eigenvalue weighted by Crippen LogP contribution is 2.20. The van der Waals surface area contributed by atoms with E-state index in [9.17, 15) is 14.4 Å². The molecule has 0 saturated carbocycles. The molecule has 1 aromatic carbocycles. The Morgan fingerprint density at radius 1 is 1.04 bits per heavy atom. The number of carbonyl (C=O) groups is 3. The van der Waals surface area contributed by atoms with Gasteiger partial charge in [0.05, 0.1) is 12.2 Å². The second-order valence-electron chi connectivity index (χ2n) is 5.71. The van der Waals surface area contributed by atoms with Gasteiger partial charge in [0, 0.05) is 18.4 Å². The zero-order chi connectivity index (χ0) is 19.3. The second kappa shape index (κ2) is 8.33. The van der Waals surface area contributed by atoms with Gasteiger partial charge in [-0.3, -0.25) is 4.79 Å². The van der Waals surface area contributed by atoms with Gasteiger partial charge >= 0.3 is 11.9 Å². The molecule has 0 aliphatic heterocycles. The van der Waals surface area contributed by atoms with Crippen molar-refractivity contribution >= 4 is 23.5 Å². The molecular formula is C19H22N2O5. The number of amides is 1. The Hall–Kier alpha value is -3.09. The van der Waals surface area contributed by atoms with Gasteiger partial charge < -0.3 is 19.4 Å². The lowest BCUT2D eigenvalue weighted by molar-refractivity contribution is -0.121. The number of rotatable bonds is 6. The molecule has 0 radical (unpaired) electrons. The molecule has 2 aromatic rings. The highest BCUT2D eigenvalue weighted by atomic mass is 16.5. The number of likely N-dealkylation sites (N-methyl/N-ethyl adjacent to an activating group) is 1. The fourth-order valence-electron chi connectivity index (χ4n) is 2.56. The number of aromatic nitrogens is 1. The van der Waals surface area contributed by atoms with Crippen LogP contribution in [0.1, 0.15) is 39.0 Å². The summed E-state index contributed by atoms with van der Waals surface area (Å²) in [5.74, 6) is -1.56. The first-order valence-electron chi connectivity index (χ1n) is 8.21. The van der Waals surface area contributed by atoms with E-state index in [1.54, 1.807) is 40.0 Å². The standard InChI is InChI=1S/C19H22N2O5/c1-5-25-19(24)17-12(2)16(13(3)20-17)18(23)26-11-15(22)21(4)14-9-7-6-8-10-14/h6-10,20H,5,11H2,1-4H3. The number of anilines is 1. The molecule has 1 amide bonds. The number of esters is 2. The Morgan fingerprint density at radius 3 is 2.31 bits per heavy atom. The van der Waals surface area contributed by atoms with Crippen LogP contribution in [0.2, 0.25) is 0 Å². The molecule has 1 heterocycles. The Labute approximate surface area is 151 Å². The predicted molar refractivity (Wildman–Crippen MR) is 96.4 cm³/mol. The molecule has 1 N–H and O–H groups in total. The summed E-state index contributed by atoms with van der Waals surface area (Å²) in [6.07, 6.45) is 0. The topological polar surface area (TPSA) is 88.7 Å². The van der Waals surface area contributed by atoms with Crippen molar-refractivity contribution in [2.75, 3.05) is 25.2 Å². The molecule has 0 fully saturated rings. The summed E-state index contributed by atoms with van der Waals surface area (Å²) in [5.41, 5.74) is 2.08. The van der Waals surface area contributed by atoms with E-state index in [2.05, 4.69) is 4.98 Å². The van der Waals surface area contributed by atoms with E-state index in [0.29, 0.717) is 16.9 Å². The molecule has 7 heteroatoms. The SMILES string of the molecule is CCOC(=O)c1[nH]c(C)c(C(=O)OCC(=O)N(C)c2ccccc2)c1C. The van der Waals surface area contributed by atoms with E-state index in [-0.39, 0.29) is 23.8 Å². The highest BCUT2D eigenvalue weighted by Gasteiger charge is 2.24. The number of H-pyrrole nitrogens is 1. The molecule has 0 saturated heterocycles. The van der Waals surface area contributed by atoms with Gasteiger partial charge in [0.25, 0.3) is 5.91 Å². The van der Waals surface area contributed by atoms with Crippen LogP contribution in [0.15, 0.2) is 30.3 Å². The number of aromatic amines is 1. The monoisotopic (exact) mass is 358 g/mol. The molecule has 26 heavy (non-hydrogen) atoms. The minimum absolute atomic E-state index is 0.212. The van der Waals surface area contributed by atoms with E-state index >= 15 is 0 Å². The van der Waals surface area contributed by atoms with Crippen molar-refractivity contribution in [3.05, 3.63) is 52.8 Å². The smallest absolute Gasteiger partial charge is 0.355 e. The van der Waals surface area contributed by atoms with Crippen molar-refractivity contribution in [1.29, 1.82) is 0 Å². The molecule has 0 bridgehead atoms. The minimum Gasteiger partial charge on any atom is -0.461 e. The van der Waals surface area contributed by atoms with Crippen LogP contribution in [0.5, 0.6) is 0 Å². The summed E-state index contributed by atoms with van der Waals surface area (Å²) in [5, 5.41) is 0. The third kappa shape index (κ3) is 4.11. The number of hydrogen-bond donors (Lipinski definition) is 1. The van der Waals surface area contributed by atoms with Crippen LogP contribution in [0, 0.1) is 13.8 Å². The van der Waals surface area contributed by atoms with E-state index in [4.69, 9.17) is 9.47 Å². The number of nitrogens with one attached hydrogen (secondary N) is 1. The molecule has 7 nitrogen and oxygen atoms in total. The van der Waals surface area contributed by atoms with Crippen LogP contribution in [0.25, 0.3) is 0 Å². The maximum atomic E-state index is 12.4. The average Bonchev–Trinajstić information content (AvgIpc) is 2.94. The Bertz CT molecular complexity index is 811. The maximum Gasteiger partial charge on any atom is 0.355 e. The largest absolute Gasteiger partial charge is 0.461 e. The quantitative estimate of drug-likeness (QED) is 0.802. The van der Waals surface area contributed by atoms with Gasteiger partial charge in [-0.15, -0.1) is 0 Å². The first-order chi connectivity index (χ1) is 12.4. The Kier molecular flexibility index (Phi) is 6.16. The zero-order valence-electron chi connectivity index (χ0n) is 15.3. The molecule has 0 unspecified atom stereocenters. The van der Waals surface area contributed by atoms with Gasteiger partial charge in [-0.2, -0.15) is 0 Å². The van der Waals surface area contributed by atoms with Crippen LogP contribution < -0.4 is 4.90 Å². The number of benzene rings is 1. The van der Waals surface area contributed by atoms with Gasteiger partial charge in [0.1, 0.15) is 5.69 Å². The molecular weight excluding hydrogens is 336 g/mol. The third-order valence-corrected chi connectivity index (χ3v) is 3.97. The van der Waals surface area contributed by atoms with E-state index in [1.807, 2.05) is 18.2 Å². The molecule has 2 rings (SSSR count). The highest BCUT2D eigenvalue weighted by molar-refractivity contribution is 6.00.